The van der Waals surface area contributed by atoms with Crippen LogP contribution >= 0.6 is 0 Å². The number of carbonyl (C=O) groups excluding carboxylic acids is 3. The van der Waals surface area contributed by atoms with Crippen molar-refractivity contribution in [1.82, 2.24) is 0 Å². The van der Waals surface area contributed by atoms with E-state index >= 15 is 0 Å². The third kappa shape index (κ3) is 5.66. The molecule has 0 bridgehead atoms. The highest BCUT2D eigenvalue weighted by molar-refractivity contribution is 6.26. The van der Waals surface area contributed by atoms with Gasteiger partial charge in [-0.25, -0.2) is 0 Å². The zero-order chi connectivity index (χ0) is 27.6. The quantitative estimate of drug-likeness (QED) is 0.271. The molecular formula is C31H46O5. The van der Waals surface area contributed by atoms with E-state index in [0.29, 0.717) is 18.4 Å². The maximum Gasteiger partial charge on any atom is 0.176 e. The van der Waals surface area contributed by atoms with Gasteiger partial charge in [0.25, 0.3) is 0 Å². The predicted molar refractivity (Wildman–Crippen MR) is 144 cm³/mol. The Balaban J connectivity index is 2.72. The van der Waals surface area contributed by atoms with Crippen LogP contribution in [0.2, 0.25) is 0 Å². The number of carbonyl (C=O) groups is 3. The van der Waals surface area contributed by atoms with Crippen LogP contribution in [0.25, 0.3) is 0 Å². The molecule has 36 heavy (non-hydrogen) atoms. The number of rotatable bonds is 10. The second-order valence-electron chi connectivity index (χ2n) is 12.2. The third-order valence-corrected chi connectivity index (χ3v) is 7.55. The molecule has 1 N–H and O–H groups in total. The topological polar surface area (TPSA) is 80.7 Å². The summed E-state index contributed by atoms with van der Waals surface area (Å²) >= 11 is 0. The van der Waals surface area contributed by atoms with Crippen molar-refractivity contribution >= 4 is 17.3 Å². The van der Waals surface area contributed by atoms with E-state index in [0.717, 1.165) is 16.7 Å². The molecule has 1 aliphatic carbocycles. The lowest BCUT2D eigenvalue weighted by Gasteiger charge is -2.43. The van der Waals surface area contributed by atoms with E-state index in [-0.39, 0.29) is 36.6 Å². The van der Waals surface area contributed by atoms with E-state index in [2.05, 4.69) is 6.08 Å². The number of Topliss-reactive ketones (excluding diaryl/α,β-unsaturated/α-hetero) is 3. The van der Waals surface area contributed by atoms with Gasteiger partial charge in [-0.2, -0.15) is 0 Å². The molecule has 1 heterocycles. The molecule has 2 aliphatic rings. The Morgan fingerprint density at radius 1 is 1.03 bits per heavy atom. The lowest BCUT2D eigenvalue weighted by atomic mass is 9.56. The fraction of sp³-hybridized carbons (Fsp3) is 0.645. The maximum absolute atomic E-state index is 14.4. The van der Waals surface area contributed by atoms with Gasteiger partial charge in [0.05, 0.1) is 11.0 Å². The zero-order valence-electron chi connectivity index (χ0n) is 24.0. The first-order valence-corrected chi connectivity index (χ1v) is 13.2. The van der Waals surface area contributed by atoms with E-state index in [1.54, 1.807) is 27.7 Å². The Kier molecular flexibility index (Phi) is 9.15. The van der Waals surface area contributed by atoms with Gasteiger partial charge in [0.2, 0.25) is 0 Å². The highest BCUT2D eigenvalue weighted by Gasteiger charge is 2.65. The molecule has 200 valence electrons. The van der Waals surface area contributed by atoms with Crippen molar-refractivity contribution in [3.05, 3.63) is 46.3 Å². The highest BCUT2D eigenvalue weighted by atomic mass is 16.5. The summed E-state index contributed by atoms with van der Waals surface area (Å²) in [6.07, 6.45) is 6.82. The second kappa shape index (κ2) is 11.0. The van der Waals surface area contributed by atoms with Gasteiger partial charge in [-0.1, -0.05) is 48.8 Å². The normalized spacial score (nSPS) is 27.3. The zero-order valence-corrected chi connectivity index (χ0v) is 24.0. The molecule has 0 aromatic carbocycles. The van der Waals surface area contributed by atoms with Gasteiger partial charge < -0.3 is 9.84 Å². The van der Waals surface area contributed by atoms with Crippen molar-refractivity contribution in [2.24, 2.45) is 16.7 Å². The lowest BCUT2D eigenvalue weighted by molar-refractivity contribution is -0.154. The van der Waals surface area contributed by atoms with Gasteiger partial charge in [0, 0.05) is 17.9 Å². The Bertz CT molecular complexity index is 1020. The molecule has 0 amide bonds. The van der Waals surface area contributed by atoms with Crippen molar-refractivity contribution in [2.45, 2.75) is 113 Å². The summed E-state index contributed by atoms with van der Waals surface area (Å²) in [4.78, 5) is 42.3. The molecule has 5 nitrogen and oxygen atoms in total. The van der Waals surface area contributed by atoms with Gasteiger partial charge in [-0.05, 0) is 81.1 Å². The first kappa shape index (κ1) is 30.0. The minimum Gasteiger partial charge on any atom is -0.489 e. The summed E-state index contributed by atoms with van der Waals surface area (Å²) in [6.45, 7) is 18.7. The Morgan fingerprint density at radius 3 is 2.06 bits per heavy atom. The first-order chi connectivity index (χ1) is 16.5. The van der Waals surface area contributed by atoms with E-state index in [1.165, 1.54) is 0 Å². The molecule has 0 aromatic rings. The minimum atomic E-state index is -1.58. The second-order valence-corrected chi connectivity index (χ2v) is 12.2. The molecule has 0 saturated carbocycles. The van der Waals surface area contributed by atoms with Crippen LogP contribution in [0, 0.1) is 16.7 Å². The van der Waals surface area contributed by atoms with Crippen LogP contribution in [0.1, 0.15) is 101 Å². The van der Waals surface area contributed by atoms with E-state index in [9.17, 15) is 19.5 Å². The molecule has 0 saturated heterocycles. The lowest BCUT2D eigenvalue weighted by Crippen LogP contribution is -2.56. The van der Waals surface area contributed by atoms with E-state index in [1.807, 2.05) is 53.7 Å². The maximum atomic E-state index is 14.4. The summed E-state index contributed by atoms with van der Waals surface area (Å²) in [5, 5.41) is 11.4. The summed E-state index contributed by atoms with van der Waals surface area (Å²) in [6, 6.07) is 0. The number of ketones is 3. The molecule has 0 spiro atoms. The van der Waals surface area contributed by atoms with Crippen LogP contribution in [0.15, 0.2) is 46.3 Å². The smallest absolute Gasteiger partial charge is 0.176 e. The van der Waals surface area contributed by atoms with E-state index < -0.39 is 34.2 Å². The minimum absolute atomic E-state index is 0.147. The number of hydrogen-bond donors (Lipinski definition) is 1. The summed E-state index contributed by atoms with van der Waals surface area (Å²) < 4.78 is 6.37. The van der Waals surface area contributed by atoms with Gasteiger partial charge in [-0.3, -0.25) is 14.4 Å². The van der Waals surface area contributed by atoms with Crippen molar-refractivity contribution in [1.29, 1.82) is 0 Å². The molecule has 2 rings (SSSR count). The summed E-state index contributed by atoms with van der Waals surface area (Å²) in [5.74, 6) is -1.17. The van der Waals surface area contributed by atoms with Crippen LogP contribution in [-0.4, -0.2) is 34.2 Å². The summed E-state index contributed by atoms with van der Waals surface area (Å²) in [5.41, 5.74) is -0.646. The predicted octanol–water partition coefficient (Wildman–Crippen LogP) is 6.61. The van der Waals surface area contributed by atoms with Crippen molar-refractivity contribution in [3.8, 4) is 0 Å². The van der Waals surface area contributed by atoms with Crippen LogP contribution in [0.3, 0.4) is 0 Å². The average Bonchev–Trinajstić information content (AvgIpc) is 3.22. The Hall–Kier alpha value is -2.27. The number of hydrogen-bond acceptors (Lipinski definition) is 5. The van der Waals surface area contributed by atoms with Gasteiger partial charge >= 0.3 is 0 Å². The fourth-order valence-corrected chi connectivity index (χ4v) is 5.21. The van der Waals surface area contributed by atoms with Crippen molar-refractivity contribution < 1.29 is 24.2 Å². The molecule has 5 heteroatoms. The van der Waals surface area contributed by atoms with Crippen LogP contribution in [0.4, 0.5) is 0 Å². The van der Waals surface area contributed by atoms with Gasteiger partial charge in [0.1, 0.15) is 17.3 Å². The largest absolute Gasteiger partial charge is 0.489 e. The number of aliphatic hydroxyl groups is 1. The fourth-order valence-electron chi connectivity index (χ4n) is 5.21. The van der Waals surface area contributed by atoms with Crippen LogP contribution in [0.5, 0.6) is 0 Å². The van der Waals surface area contributed by atoms with E-state index in [4.69, 9.17) is 4.74 Å². The van der Waals surface area contributed by atoms with Crippen LogP contribution in [-0.2, 0) is 19.1 Å². The third-order valence-electron chi connectivity index (χ3n) is 7.55. The molecular weight excluding hydrogens is 452 g/mol. The molecule has 0 aromatic heterocycles. The SMILES string of the molecule is CC(C)=CCC[C@](C)(O)[C@@H]1CC2=C(O1)[C@@](CC=C(C)C)(C(=O)C(C)C)C(=O)[C@@](C)(CC=C(C)C)C2=O. The van der Waals surface area contributed by atoms with Gasteiger partial charge in [0.15, 0.2) is 17.3 Å². The monoisotopic (exact) mass is 498 g/mol. The molecule has 0 unspecified atom stereocenters. The highest BCUT2D eigenvalue weighted by Crippen LogP contribution is 2.55. The number of ether oxygens (including phenoxy) is 1. The first-order valence-electron chi connectivity index (χ1n) is 13.2. The molecule has 4 atom stereocenters. The molecule has 0 fully saturated rings. The molecule has 1 aliphatic heterocycles. The molecule has 0 radical (unpaired) electrons. The van der Waals surface area contributed by atoms with Gasteiger partial charge in [-0.15, -0.1) is 0 Å². The Morgan fingerprint density at radius 2 is 1.56 bits per heavy atom. The van der Waals surface area contributed by atoms with Crippen molar-refractivity contribution in [3.63, 3.8) is 0 Å². The Labute approximate surface area is 217 Å². The average molecular weight is 499 g/mol. The summed E-state index contributed by atoms with van der Waals surface area (Å²) in [7, 11) is 0. The van der Waals surface area contributed by atoms with Crippen LogP contribution < -0.4 is 0 Å². The van der Waals surface area contributed by atoms with Crippen molar-refractivity contribution in [2.75, 3.05) is 0 Å². The number of allylic oxidation sites excluding steroid dienone is 7. The standard InChI is InChI=1S/C31H46O5/c1-19(2)12-11-15-30(10,35)24-18-23-26(33)29(9,16-13-20(3)4)28(34)31(27(23)36-24,17-14-21(5)6)25(32)22(7)8/h12-14,22,24,35H,11,15-18H2,1-10H3/t24-,29-,30-,31+/m0/s1.